The molecule has 1 aromatic heterocycles. The topological polar surface area (TPSA) is 22.0 Å². The van der Waals surface area contributed by atoms with Crippen LogP contribution in [0, 0.1) is 3.70 Å². The average molecular weight is 311 g/mol. The van der Waals surface area contributed by atoms with E-state index in [-0.39, 0.29) is 5.78 Å². The molecule has 0 spiro atoms. The fraction of sp³-hybridized carbons (Fsp3) is 0.0833. The number of para-hydroxylation sites is 1. The van der Waals surface area contributed by atoms with Crippen LogP contribution in [0.3, 0.4) is 0 Å². The van der Waals surface area contributed by atoms with Gasteiger partial charge in [-0.15, -0.1) is 0 Å². The van der Waals surface area contributed by atoms with Crippen LogP contribution in [0.5, 0.6) is 0 Å². The Morgan fingerprint density at radius 1 is 1.40 bits per heavy atom. The van der Waals surface area contributed by atoms with Gasteiger partial charge >= 0.3 is 0 Å². The number of rotatable bonds is 2. The van der Waals surface area contributed by atoms with Gasteiger partial charge in [0.1, 0.15) is 0 Å². The van der Waals surface area contributed by atoms with E-state index in [1.165, 1.54) is 5.39 Å². The minimum Gasteiger partial charge on any atom is -0.311 e. The third kappa shape index (κ3) is 2.12. The Bertz CT molecular complexity index is 540. The van der Waals surface area contributed by atoms with Crippen molar-refractivity contribution in [2.24, 2.45) is 0 Å². The SMILES string of the molecule is CC(=O)/C=C/n1c(I)cc2ccccc21. The van der Waals surface area contributed by atoms with Gasteiger partial charge in [-0.1, -0.05) is 18.2 Å². The highest BCUT2D eigenvalue weighted by Gasteiger charge is 2.02. The molecule has 2 rings (SSSR count). The number of hydrogen-bond acceptors (Lipinski definition) is 1. The predicted octanol–water partition coefficient (Wildman–Crippen LogP) is 3.31. The van der Waals surface area contributed by atoms with Gasteiger partial charge in [-0.05, 0) is 47.7 Å². The first-order chi connectivity index (χ1) is 7.18. The van der Waals surface area contributed by atoms with E-state index in [4.69, 9.17) is 0 Å². The lowest BCUT2D eigenvalue weighted by Crippen LogP contribution is -1.90. The molecule has 1 aromatic carbocycles. The summed E-state index contributed by atoms with van der Waals surface area (Å²) in [5.41, 5.74) is 1.12. The summed E-state index contributed by atoms with van der Waals surface area (Å²) < 4.78 is 3.11. The normalized spacial score (nSPS) is 11.3. The van der Waals surface area contributed by atoms with Crippen molar-refractivity contribution < 1.29 is 4.79 Å². The van der Waals surface area contributed by atoms with E-state index < -0.39 is 0 Å². The lowest BCUT2D eigenvalue weighted by Gasteiger charge is -1.98. The summed E-state index contributed by atoms with van der Waals surface area (Å²) in [6.07, 6.45) is 3.39. The molecule has 15 heavy (non-hydrogen) atoms. The molecule has 2 nitrogen and oxygen atoms in total. The standard InChI is InChI=1S/C12H10INO/c1-9(15)6-7-14-11-5-3-2-4-10(11)8-12(14)13/h2-8H,1H3/b7-6+. The van der Waals surface area contributed by atoms with E-state index in [2.05, 4.69) is 34.7 Å². The summed E-state index contributed by atoms with van der Waals surface area (Å²) in [5, 5.41) is 1.19. The lowest BCUT2D eigenvalue weighted by atomic mass is 10.2. The van der Waals surface area contributed by atoms with Gasteiger partial charge in [0.25, 0.3) is 0 Å². The Kier molecular flexibility index (Phi) is 2.90. The Morgan fingerprint density at radius 2 is 2.13 bits per heavy atom. The number of nitrogens with zero attached hydrogens (tertiary/aromatic N) is 1. The maximum absolute atomic E-state index is 10.9. The summed E-state index contributed by atoms with van der Waals surface area (Å²) in [4.78, 5) is 10.9. The van der Waals surface area contributed by atoms with Crippen LogP contribution < -0.4 is 0 Å². The van der Waals surface area contributed by atoms with Crippen molar-refractivity contribution in [3.8, 4) is 0 Å². The van der Waals surface area contributed by atoms with Gasteiger partial charge in [0.05, 0.1) is 9.22 Å². The molecule has 0 aliphatic carbocycles. The van der Waals surface area contributed by atoms with Crippen LogP contribution >= 0.6 is 22.6 Å². The van der Waals surface area contributed by atoms with Gasteiger partial charge in [0, 0.05) is 11.6 Å². The second-order valence-electron chi connectivity index (χ2n) is 3.32. The number of aromatic nitrogens is 1. The van der Waals surface area contributed by atoms with Crippen molar-refractivity contribution in [3.05, 3.63) is 40.1 Å². The van der Waals surface area contributed by atoms with E-state index in [9.17, 15) is 4.79 Å². The lowest BCUT2D eigenvalue weighted by molar-refractivity contribution is -0.112. The summed E-state index contributed by atoms with van der Waals surface area (Å²) in [7, 11) is 0. The Hall–Kier alpha value is -1.10. The van der Waals surface area contributed by atoms with Crippen molar-refractivity contribution in [3.63, 3.8) is 0 Å². The fourth-order valence-electron chi connectivity index (χ4n) is 1.47. The van der Waals surface area contributed by atoms with Crippen molar-refractivity contribution >= 4 is 45.5 Å². The quantitative estimate of drug-likeness (QED) is 0.616. The minimum atomic E-state index is 0.0589. The van der Waals surface area contributed by atoms with Crippen LogP contribution in [0.4, 0.5) is 0 Å². The number of benzene rings is 1. The first-order valence-electron chi connectivity index (χ1n) is 4.63. The molecule has 0 bridgehead atoms. The van der Waals surface area contributed by atoms with Crippen LogP contribution in [0.15, 0.2) is 36.4 Å². The molecule has 0 radical (unpaired) electrons. The molecule has 0 saturated heterocycles. The molecule has 0 aliphatic rings. The summed E-state index contributed by atoms with van der Waals surface area (Å²) in [6.45, 7) is 1.55. The molecule has 0 amide bonds. The monoisotopic (exact) mass is 311 g/mol. The van der Waals surface area contributed by atoms with Crippen molar-refractivity contribution in [2.45, 2.75) is 6.92 Å². The number of allylic oxidation sites excluding steroid dienone is 1. The largest absolute Gasteiger partial charge is 0.311 e. The first kappa shape index (κ1) is 10.4. The second-order valence-corrected chi connectivity index (χ2v) is 4.43. The number of carbonyl (C=O) groups excluding carboxylic acids is 1. The highest BCUT2D eigenvalue weighted by atomic mass is 127. The minimum absolute atomic E-state index is 0.0589. The molecule has 0 unspecified atom stereocenters. The highest BCUT2D eigenvalue weighted by molar-refractivity contribution is 14.1. The number of halogens is 1. The summed E-state index contributed by atoms with van der Waals surface area (Å²) >= 11 is 2.26. The van der Waals surface area contributed by atoms with Crippen molar-refractivity contribution in [1.29, 1.82) is 0 Å². The van der Waals surface area contributed by atoms with Gasteiger partial charge in [-0.2, -0.15) is 0 Å². The molecule has 0 aliphatic heterocycles. The Balaban J connectivity index is 2.59. The smallest absolute Gasteiger partial charge is 0.154 e. The van der Waals surface area contributed by atoms with E-state index >= 15 is 0 Å². The van der Waals surface area contributed by atoms with Crippen molar-refractivity contribution in [1.82, 2.24) is 4.57 Å². The summed E-state index contributed by atoms with van der Waals surface area (Å²) in [6, 6.07) is 10.2. The third-order valence-electron chi connectivity index (χ3n) is 2.16. The zero-order chi connectivity index (χ0) is 10.8. The average Bonchev–Trinajstić information content (AvgIpc) is 2.50. The van der Waals surface area contributed by atoms with E-state index in [0.29, 0.717) is 0 Å². The van der Waals surface area contributed by atoms with Crippen LogP contribution in [0.1, 0.15) is 6.92 Å². The number of fused-ring (bicyclic) bond motifs is 1. The molecule has 3 heteroatoms. The molecular formula is C12H10INO. The van der Waals surface area contributed by atoms with Gasteiger partial charge in [0.2, 0.25) is 0 Å². The van der Waals surface area contributed by atoms with Crippen LogP contribution in [0.25, 0.3) is 17.1 Å². The van der Waals surface area contributed by atoms with Crippen LogP contribution in [-0.4, -0.2) is 10.4 Å². The van der Waals surface area contributed by atoms with Gasteiger partial charge in [0.15, 0.2) is 5.78 Å². The zero-order valence-corrected chi connectivity index (χ0v) is 10.4. The third-order valence-corrected chi connectivity index (χ3v) is 2.99. The molecule has 0 fully saturated rings. The predicted molar refractivity (Wildman–Crippen MR) is 70.7 cm³/mol. The van der Waals surface area contributed by atoms with E-state index in [1.54, 1.807) is 13.0 Å². The van der Waals surface area contributed by atoms with Gasteiger partial charge in [-0.3, -0.25) is 4.79 Å². The van der Waals surface area contributed by atoms with Crippen LogP contribution in [-0.2, 0) is 4.79 Å². The van der Waals surface area contributed by atoms with Crippen molar-refractivity contribution in [2.75, 3.05) is 0 Å². The number of ketones is 1. The molecular weight excluding hydrogens is 301 g/mol. The van der Waals surface area contributed by atoms with Crippen LogP contribution in [0.2, 0.25) is 0 Å². The second kappa shape index (κ2) is 4.18. The van der Waals surface area contributed by atoms with E-state index in [0.717, 1.165) is 9.22 Å². The van der Waals surface area contributed by atoms with Gasteiger partial charge in [-0.25, -0.2) is 0 Å². The zero-order valence-electron chi connectivity index (χ0n) is 8.27. The summed E-state index contributed by atoms with van der Waals surface area (Å²) in [5.74, 6) is 0.0589. The molecule has 1 heterocycles. The molecule has 0 N–H and O–H groups in total. The maximum atomic E-state index is 10.9. The molecule has 2 aromatic rings. The fourth-order valence-corrected chi connectivity index (χ4v) is 2.23. The maximum Gasteiger partial charge on any atom is 0.154 e. The Morgan fingerprint density at radius 3 is 2.87 bits per heavy atom. The van der Waals surface area contributed by atoms with E-state index in [1.807, 2.05) is 29.0 Å². The number of hydrogen-bond donors (Lipinski definition) is 0. The first-order valence-corrected chi connectivity index (χ1v) is 5.70. The number of carbonyl (C=O) groups is 1. The van der Waals surface area contributed by atoms with Gasteiger partial charge < -0.3 is 4.57 Å². The molecule has 0 atom stereocenters. The molecule has 76 valence electrons. The highest BCUT2D eigenvalue weighted by Crippen LogP contribution is 2.21. The Labute approximate surface area is 102 Å². The molecule has 0 saturated carbocycles.